The van der Waals surface area contributed by atoms with Crippen molar-refractivity contribution in [2.45, 2.75) is 39.2 Å². The van der Waals surface area contributed by atoms with E-state index < -0.39 is 0 Å². The van der Waals surface area contributed by atoms with Gasteiger partial charge in [0, 0.05) is 18.4 Å². The van der Waals surface area contributed by atoms with Gasteiger partial charge in [0.2, 0.25) is 0 Å². The zero-order valence-electron chi connectivity index (χ0n) is 13.7. The van der Waals surface area contributed by atoms with E-state index in [2.05, 4.69) is 15.4 Å². The van der Waals surface area contributed by atoms with E-state index >= 15 is 0 Å². The smallest absolute Gasteiger partial charge is 0.257 e. The Labute approximate surface area is 140 Å². The number of hydrogen-bond donors (Lipinski definition) is 1. The van der Waals surface area contributed by atoms with Gasteiger partial charge in [-0.3, -0.25) is 4.79 Å². The van der Waals surface area contributed by atoms with Gasteiger partial charge in [-0.15, -0.1) is 0 Å². The number of nitrogens with zero attached hydrogens (tertiary/aromatic N) is 3. The first kappa shape index (κ1) is 14.9. The van der Waals surface area contributed by atoms with Gasteiger partial charge in [0.05, 0.1) is 6.20 Å². The number of aromatic nitrogens is 3. The van der Waals surface area contributed by atoms with Crippen LogP contribution in [0.3, 0.4) is 0 Å². The van der Waals surface area contributed by atoms with Gasteiger partial charge in [0.1, 0.15) is 5.56 Å². The van der Waals surface area contributed by atoms with Gasteiger partial charge in [-0.25, -0.2) is 9.50 Å². The fourth-order valence-electron chi connectivity index (χ4n) is 3.24. The minimum atomic E-state index is -0.131. The zero-order chi connectivity index (χ0) is 16.5. The quantitative estimate of drug-likeness (QED) is 0.807. The van der Waals surface area contributed by atoms with E-state index in [0.717, 1.165) is 18.4 Å². The van der Waals surface area contributed by atoms with Gasteiger partial charge in [0.15, 0.2) is 5.65 Å². The molecule has 24 heavy (non-hydrogen) atoms. The molecule has 0 saturated heterocycles. The number of amides is 1. The summed E-state index contributed by atoms with van der Waals surface area (Å²) in [7, 11) is 0. The molecule has 122 valence electrons. The number of rotatable bonds is 3. The van der Waals surface area contributed by atoms with Gasteiger partial charge < -0.3 is 5.32 Å². The van der Waals surface area contributed by atoms with Crippen molar-refractivity contribution in [1.82, 2.24) is 19.9 Å². The molecule has 0 spiro atoms. The topological polar surface area (TPSA) is 59.3 Å². The second kappa shape index (κ2) is 6.07. The Hall–Kier alpha value is -2.69. The highest BCUT2D eigenvalue weighted by atomic mass is 16.1. The van der Waals surface area contributed by atoms with Gasteiger partial charge in [-0.2, -0.15) is 5.10 Å². The molecule has 2 aromatic heterocycles. The highest BCUT2D eigenvalue weighted by Crippen LogP contribution is 2.22. The van der Waals surface area contributed by atoms with E-state index in [1.807, 2.05) is 41.9 Å². The summed E-state index contributed by atoms with van der Waals surface area (Å²) >= 11 is 0. The number of aryl methyl sites for hydroxylation is 3. The number of benzene rings is 1. The molecular weight excluding hydrogens is 300 g/mol. The minimum absolute atomic E-state index is 0.131. The number of nitrogens with one attached hydrogen (secondary N) is 1. The molecule has 4 rings (SSSR count). The monoisotopic (exact) mass is 320 g/mol. The van der Waals surface area contributed by atoms with Crippen LogP contribution in [0, 0.1) is 6.92 Å². The normalized spacial score (nSPS) is 13.7. The Morgan fingerprint density at radius 1 is 1.17 bits per heavy atom. The summed E-state index contributed by atoms with van der Waals surface area (Å²) in [5, 5.41) is 7.37. The lowest BCUT2D eigenvalue weighted by atomic mass is 9.97. The third kappa shape index (κ3) is 2.66. The van der Waals surface area contributed by atoms with Crippen molar-refractivity contribution >= 4 is 11.6 Å². The van der Waals surface area contributed by atoms with Gasteiger partial charge in [-0.1, -0.05) is 29.8 Å². The number of fused-ring (bicyclic) bond motifs is 3. The molecule has 0 aliphatic heterocycles. The van der Waals surface area contributed by atoms with Crippen LogP contribution in [0.4, 0.5) is 0 Å². The SMILES string of the molecule is Cc1ccc(CNC(=O)c2cnn3c4c(cnc23)CCCC4)cc1. The fourth-order valence-corrected chi connectivity index (χ4v) is 3.24. The summed E-state index contributed by atoms with van der Waals surface area (Å²) in [5.74, 6) is -0.131. The van der Waals surface area contributed by atoms with Crippen LogP contribution < -0.4 is 5.32 Å². The highest BCUT2D eigenvalue weighted by Gasteiger charge is 2.19. The molecule has 0 fully saturated rings. The second-order valence-electron chi connectivity index (χ2n) is 6.40. The summed E-state index contributed by atoms with van der Waals surface area (Å²) in [6.07, 6.45) is 7.95. The number of carbonyl (C=O) groups excluding carboxylic acids is 1. The van der Waals surface area contributed by atoms with Crippen LogP contribution in [-0.4, -0.2) is 20.5 Å². The van der Waals surface area contributed by atoms with Gasteiger partial charge in [-0.05, 0) is 43.7 Å². The van der Waals surface area contributed by atoms with E-state index in [1.54, 1.807) is 6.20 Å². The van der Waals surface area contributed by atoms with Crippen LogP contribution in [0.1, 0.15) is 45.6 Å². The van der Waals surface area contributed by atoms with E-state index in [9.17, 15) is 4.79 Å². The van der Waals surface area contributed by atoms with E-state index in [0.29, 0.717) is 17.8 Å². The van der Waals surface area contributed by atoms with Crippen LogP contribution in [0.25, 0.3) is 5.65 Å². The Morgan fingerprint density at radius 2 is 1.96 bits per heavy atom. The molecule has 1 aromatic carbocycles. The second-order valence-corrected chi connectivity index (χ2v) is 6.40. The predicted molar refractivity (Wildman–Crippen MR) is 92.0 cm³/mol. The fraction of sp³-hybridized carbons (Fsp3) is 0.316. The van der Waals surface area contributed by atoms with Crippen molar-refractivity contribution < 1.29 is 4.79 Å². The average Bonchev–Trinajstić information content (AvgIpc) is 3.05. The summed E-state index contributed by atoms with van der Waals surface area (Å²) in [5.41, 5.74) is 5.93. The largest absolute Gasteiger partial charge is 0.348 e. The first-order valence-corrected chi connectivity index (χ1v) is 8.40. The van der Waals surface area contributed by atoms with Crippen molar-refractivity contribution in [3.63, 3.8) is 0 Å². The van der Waals surface area contributed by atoms with Gasteiger partial charge >= 0.3 is 0 Å². The predicted octanol–water partition coefficient (Wildman–Crippen LogP) is 2.85. The molecule has 1 aliphatic rings. The maximum Gasteiger partial charge on any atom is 0.257 e. The molecule has 0 saturated carbocycles. The first-order chi connectivity index (χ1) is 11.7. The molecule has 1 amide bonds. The van der Waals surface area contributed by atoms with E-state index in [4.69, 9.17) is 0 Å². The van der Waals surface area contributed by atoms with E-state index in [-0.39, 0.29) is 5.91 Å². The minimum Gasteiger partial charge on any atom is -0.348 e. The molecule has 1 N–H and O–H groups in total. The van der Waals surface area contributed by atoms with Crippen molar-refractivity contribution in [2.24, 2.45) is 0 Å². The lowest BCUT2D eigenvalue weighted by molar-refractivity contribution is 0.0952. The van der Waals surface area contributed by atoms with Crippen LogP contribution in [0.2, 0.25) is 0 Å². The molecule has 0 atom stereocenters. The molecule has 1 aliphatic carbocycles. The Kier molecular flexibility index (Phi) is 3.76. The Balaban J connectivity index is 1.57. The Bertz CT molecular complexity index is 896. The first-order valence-electron chi connectivity index (χ1n) is 8.40. The summed E-state index contributed by atoms with van der Waals surface area (Å²) < 4.78 is 1.84. The molecule has 2 heterocycles. The van der Waals surface area contributed by atoms with Crippen molar-refractivity contribution in [1.29, 1.82) is 0 Å². The standard InChI is InChI=1S/C19H20N4O/c1-13-6-8-14(9-7-13)10-21-19(24)16-12-22-23-17-5-3-2-4-15(17)11-20-18(16)23/h6-9,11-12H,2-5,10H2,1H3,(H,21,24). The van der Waals surface area contributed by atoms with Crippen molar-refractivity contribution in [2.75, 3.05) is 0 Å². The molecule has 0 unspecified atom stereocenters. The average molecular weight is 320 g/mol. The van der Waals surface area contributed by atoms with Gasteiger partial charge in [0.25, 0.3) is 5.91 Å². The maximum absolute atomic E-state index is 12.5. The molecule has 5 heteroatoms. The third-order valence-corrected chi connectivity index (χ3v) is 4.64. The van der Waals surface area contributed by atoms with Crippen LogP contribution in [-0.2, 0) is 19.4 Å². The number of hydrogen-bond acceptors (Lipinski definition) is 3. The molecule has 0 bridgehead atoms. The Morgan fingerprint density at radius 3 is 2.79 bits per heavy atom. The van der Waals surface area contributed by atoms with Crippen molar-refractivity contribution in [3.05, 3.63) is 64.6 Å². The van der Waals surface area contributed by atoms with Crippen molar-refractivity contribution in [3.8, 4) is 0 Å². The van der Waals surface area contributed by atoms with Crippen LogP contribution in [0.5, 0.6) is 0 Å². The highest BCUT2D eigenvalue weighted by molar-refractivity contribution is 5.99. The molecule has 0 radical (unpaired) electrons. The number of carbonyl (C=O) groups is 1. The van der Waals surface area contributed by atoms with Crippen LogP contribution >= 0.6 is 0 Å². The van der Waals surface area contributed by atoms with E-state index in [1.165, 1.54) is 29.7 Å². The third-order valence-electron chi connectivity index (χ3n) is 4.64. The lowest BCUT2D eigenvalue weighted by Gasteiger charge is -2.15. The molecular formula is C19H20N4O. The summed E-state index contributed by atoms with van der Waals surface area (Å²) in [4.78, 5) is 17.0. The van der Waals surface area contributed by atoms with Crippen LogP contribution in [0.15, 0.2) is 36.7 Å². The summed E-state index contributed by atoms with van der Waals surface area (Å²) in [6, 6.07) is 8.15. The summed E-state index contributed by atoms with van der Waals surface area (Å²) in [6.45, 7) is 2.55. The zero-order valence-corrected chi connectivity index (χ0v) is 13.7. The lowest BCUT2D eigenvalue weighted by Crippen LogP contribution is -2.23. The molecule has 3 aromatic rings. The molecule has 5 nitrogen and oxygen atoms in total. The maximum atomic E-state index is 12.5.